The second-order valence-electron chi connectivity index (χ2n) is 7.53. The second kappa shape index (κ2) is 7.97. The van der Waals surface area contributed by atoms with Crippen LogP contribution < -0.4 is 5.32 Å². The molecule has 3 aromatic rings. The average molecular weight is 377 g/mol. The van der Waals surface area contributed by atoms with Crippen LogP contribution in [0.15, 0.2) is 67.3 Å². The standard InChI is InChI=1S/C23H24FN3O/c24-21-9-7-20(8-10-21)23(11-1-2-12-23)22(28)26-15-18-3-5-19(6-4-18)16-27-14-13-25-17-27/h3-10,13-14,17H,1-2,11-12,15-16H2,(H,26,28). The maximum Gasteiger partial charge on any atom is 0.230 e. The van der Waals surface area contributed by atoms with Crippen LogP contribution >= 0.6 is 0 Å². The van der Waals surface area contributed by atoms with E-state index in [1.54, 1.807) is 24.7 Å². The van der Waals surface area contributed by atoms with Gasteiger partial charge in [-0.05, 0) is 41.7 Å². The highest BCUT2D eigenvalue weighted by atomic mass is 19.1. The molecule has 1 aliphatic rings. The third-order valence-electron chi connectivity index (χ3n) is 5.69. The topological polar surface area (TPSA) is 46.9 Å². The van der Waals surface area contributed by atoms with Gasteiger partial charge in [0.05, 0.1) is 11.7 Å². The number of amides is 1. The predicted octanol–water partition coefficient (Wildman–Crippen LogP) is 4.20. The van der Waals surface area contributed by atoms with E-state index in [4.69, 9.17) is 0 Å². The highest BCUT2D eigenvalue weighted by Gasteiger charge is 2.42. The van der Waals surface area contributed by atoms with Crippen molar-refractivity contribution in [2.45, 2.75) is 44.2 Å². The van der Waals surface area contributed by atoms with Crippen molar-refractivity contribution in [2.75, 3.05) is 0 Å². The molecule has 0 saturated heterocycles. The zero-order chi connectivity index (χ0) is 19.4. The summed E-state index contributed by atoms with van der Waals surface area (Å²) in [5, 5.41) is 3.11. The Morgan fingerprint density at radius 1 is 1.04 bits per heavy atom. The molecule has 1 aromatic heterocycles. The van der Waals surface area contributed by atoms with Gasteiger partial charge in [0.15, 0.2) is 0 Å². The number of hydrogen-bond acceptors (Lipinski definition) is 2. The molecule has 0 aliphatic heterocycles. The highest BCUT2D eigenvalue weighted by molar-refractivity contribution is 5.88. The predicted molar refractivity (Wildman–Crippen MR) is 106 cm³/mol. The Balaban J connectivity index is 1.41. The minimum atomic E-state index is -0.533. The molecule has 0 radical (unpaired) electrons. The summed E-state index contributed by atoms with van der Waals surface area (Å²) in [4.78, 5) is 17.1. The van der Waals surface area contributed by atoms with Crippen LogP contribution in [0.1, 0.15) is 42.4 Å². The molecule has 28 heavy (non-hydrogen) atoms. The number of carbonyl (C=O) groups is 1. The monoisotopic (exact) mass is 377 g/mol. The Labute approximate surface area is 164 Å². The Kier molecular flexibility index (Phi) is 5.24. The minimum absolute atomic E-state index is 0.0408. The van der Waals surface area contributed by atoms with Gasteiger partial charge in [0, 0.05) is 25.5 Å². The molecule has 1 aliphatic carbocycles. The summed E-state index contributed by atoms with van der Waals surface area (Å²) in [7, 11) is 0. The van der Waals surface area contributed by atoms with E-state index in [1.807, 2.05) is 22.9 Å². The molecule has 0 bridgehead atoms. The lowest BCUT2D eigenvalue weighted by atomic mass is 9.78. The van der Waals surface area contributed by atoms with Gasteiger partial charge in [0.1, 0.15) is 5.82 Å². The van der Waals surface area contributed by atoms with Crippen molar-refractivity contribution in [3.8, 4) is 0 Å². The van der Waals surface area contributed by atoms with E-state index in [2.05, 4.69) is 22.4 Å². The van der Waals surface area contributed by atoms with Crippen molar-refractivity contribution >= 4 is 5.91 Å². The maximum atomic E-state index is 13.3. The van der Waals surface area contributed by atoms with Crippen LogP contribution in [0, 0.1) is 5.82 Å². The van der Waals surface area contributed by atoms with E-state index in [1.165, 1.54) is 17.7 Å². The number of benzene rings is 2. The van der Waals surface area contributed by atoms with Crippen LogP contribution in [0.25, 0.3) is 0 Å². The van der Waals surface area contributed by atoms with Gasteiger partial charge >= 0.3 is 0 Å². The summed E-state index contributed by atoms with van der Waals surface area (Å²) in [6.45, 7) is 1.27. The normalized spacial score (nSPS) is 15.5. The molecule has 0 unspecified atom stereocenters. The Morgan fingerprint density at radius 3 is 2.36 bits per heavy atom. The summed E-state index contributed by atoms with van der Waals surface area (Å²) in [5.41, 5.74) is 2.64. The van der Waals surface area contributed by atoms with E-state index < -0.39 is 5.41 Å². The van der Waals surface area contributed by atoms with Crippen molar-refractivity contribution in [1.29, 1.82) is 0 Å². The fourth-order valence-electron chi connectivity index (χ4n) is 4.10. The molecule has 0 spiro atoms. The quantitative estimate of drug-likeness (QED) is 0.700. The van der Waals surface area contributed by atoms with Gasteiger partial charge in [-0.25, -0.2) is 9.37 Å². The first-order chi connectivity index (χ1) is 13.7. The zero-order valence-corrected chi connectivity index (χ0v) is 15.8. The SMILES string of the molecule is O=C(NCc1ccc(Cn2ccnc2)cc1)C1(c2ccc(F)cc2)CCCC1. The third-order valence-corrected chi connectivity index (χ3v) is 5.69. The number of halogens is 1. The van der Waals surface area contributed by atoms with Crippen LogP contribution in [0.5, 0.6) is 0 Å². The summed E-state index contributed by atoms with van der Waals surface area (Å²) in [6, 6.07) is 14.6. The van der Waals surface area contributed by atoms with Crippen LogP contribution in [0.4, 0.5) is 4.39 Å². The van der Waals surface area contributed by atoms with Crippen LogP contribution in [0.3, 0.4) is 0 Å². The van der Waals surface area contributed by atoms with Crippen molar-refractivity contribution < 1.29 is 9.18 Å². The summed E-state index contributed by atoms with van der Waals surface area (Å²) >= 11 is 0. The number of aromatic nitrogens is 2. The fraction of sp³-hybridized carbons (Fsp3) is 0.304. The number of nitrogens with zero attached hydrogens (tertiary/aromatic N) is 2. The number of nitrogens with one attached hydrogen (secondary N) is 1. The largest absolute Gasteiger partial charge is 0.351 e. The molecule has 2 aromatic carbocycles. The lowest BCUT2D eigenvalue weighted by Crippen LogP contribution is -2.42. The molecule has 1 heterocycles. The molecular weight excluding hydrogens is 353 g/mol. The number of imidazole rings is 1. The fourth-order valence-corrected chi connectivity index (χ4v) is 4.10. The van der Waals surface area contributed by atoms with E-state index >= 15 is 0 Å². The van der Waals surface area contributed by atoms with E-state index in [0.29, 0.717) is 6.54 Å². The van der Waals surface area contributed by atoms with Gasteiger partial charge < -0.3 is 9.88 Å². The van der Waals surface area contributed by atoms with Gasteiger partial charge in [-0.2, -0.15) is 0 Å². The van der Waals surface area contributed by atoms with Crippen LogP contribution in [-0.2, 0) is 23.3 Å². The van der Waals surface area contributed by atoms with Gasteiger partial charge in [-0.1, -0.05) is 49.2 Å². The van der Waals surface area contributed by atoms with Gasteiger partial charge in [0.25, 0.3) is 0 Å². The molecule has 5 heteroatoms. The molecular formula is C23H24FN3O. The van der Waals surface area contributed by atoms with Gasteiger partial charge in [0.2, 0.25) is 5.91 Å². The van der Waals surface area contributed by atoms with Crippen LogP contribution in [-0.4, -0.2) is 15.5 Å². The lowest BCUT2D eigenvalue weighted by molar-refractivity contribution is -0.126. The van der Waals surface area contributed by atoms with E-state index in [9.17, 15) is 9.18 Å². The molecule has 4 nitrogen and oxygen atoms in total. The molecule has 4 rings (SSSR count). The Hall–Kier alpha value is -2.95. The molecule has 144 valence electrons. The van der Waals surface area contributed by atoms with Crippen LogP contribution in [0.2, 0.25) is 0 Å². The molecule has 1 N–H and O–H groups in total. The molecule has 1 amide bonds. The number of rotatable bonds is 6. The zero-order valence-electron chi connectivity index (χ0n) is 15.8. The average Bonchev–Trinajstić information content (AvgIpc) is 3.40. The summed E-state index contributed by atoms with van der Waals surface area (Å²) in [6.07, 6.45) is 9.17. The molecule has 1 fully saturated rings. The minimum Gasteiger partial charge on any atom is -0.351 e. The van der Waals surface area contributed by atoms with Gasteiger partial charge in [-0.3, -0.25) is 4.79 Å². The lowest BCUT2D eigenvalue weighted by Gasteiger charge is -2.28. The van der Waals surface area contributed by atoms with Gasteiger partial charge in [-0.15, -0.1) is 0 Å². The third kappa shape index (κ3) is 3.84. The van der Waals surface area contributed by atoms with E-state index in [0.717, 1.165) is 43.4 Å². The van der Waals surface area contributed by atoms with E-state index in [-0.39, 0.29) is 11.7 Å². The summed E-state index contributed by atoms with van der Waals surface area (Å²) in [5.74, 6) is -0.229. The van der Waals surface area contributed by atoms with Crippen molar-refractivity contribution in [3.05, 3.63) is 89.8 Å². The maximum absolute atomic E-state index is 13.3. The number of hydrogen-bond donors (Lipinski definition) is 1. The Bertz CT molecular complexity index is 911. The molecule has 0 atom stereocenters. The second-order valence-corrected chi connectivity index (χ2v) is 7.53. The van der Waals surface area contributed by atoms with Crippen molar-refractivity contribution in [2.24, 2.45) is 0 Å². The van der Waals surface area contributed by atoms with Crippen molar-refractivity contribution in [3.63, 3.8) is 0 Å². The first-order valence-electron chi connectivity index (χ1n) is 9.74. The molecule has 1 saturated carbocycles. The Morgan fingerprint density at radius 2 is 1.71 bits per heavy atom. The van der Waals surface area contributed by atoms with Crippen molar-refractivity contribution in [1.82, 2.24) is 14.9 Å². The highest BCUT2D eigenvalue weighted by Crippen LogP contribution is 2.41. The first-order valence-corrected chi connectivity index (χ1v) is 9.74. The number of carbonyl (C=O) groups excluding carboxylic acids is 1. The smallest absolute Gasteiger partial charge is 0.230 e. The first kappa shape index (κ1) is 18.4. The summed E-state index contributed by atoms with van der Waals surface area (Å²) < 4.78 is 15.3.